The van der Waals surface area contributed by atoms with Crippen LogP contribution < -0.4 is 11.1 Å². The molecule has 0 aromatic rings. The van der Waals surface area contributed by atoms with Gasteiger partial charge < -0.3 is 20.7 Å². The lowest BCUT2D eigenvalue weighted by Gasteiger charge is -2.33. The Hall–Kier alpha value is -1.46. The van der Waals surface area contributed by atoms with E-state index in [0.717, 1.165) is 19.4 Å². The van der Waals surface area contributed by atoms with Crippen LogP contribution in [0.1, 0.15) is 65.7 Å². The summed E-state index contributed by atoms with van der Waals surface area (Å²) in [5, 5.41) is 3.35. The Morgan fingerprint density at radius 1 is 1.21 bits per heavy atom. The van der Waals surface area contributed by atoms with Gasteiger partial charge in [0.05, 0.1) is 0 Å². The van der Waals surface area contributed by atoms with E-state index in [-0.39, 0.29) is 6.09 Å². The van der Waals surface area contributed by atoms with Crippen LogP contribution in [0.5, 0.6) is 0 Å². The summed E-state index contributed by atoms with van der Waals surface area (Å²) in [6, 6.07) is 0.479. The van der Waals surface area contributed by atoms with Gasteiger partial charge in [0.15, 0.2) is 5.96 Å². The van der Waals surface area contributed by atoms with E-state index < -0.39 is 5.60 Å². The molecular formula is C18H34N4O2. The normalized spacial score (nSPS) is 23.9. The van der Waals surface area contributed by atoms with Crippen LogP contribution in [0, 0.1) is 5.92 Å². The Morgan fingerprint density at radius 3 is 2.58 bits per heavy atom. The average molecular weight is 338 g/mol. The van der Waals surface area contributed by atoms with Crippen molar-refractivity contribution in [3.8, 4) is 0 Å². The topological polar surface area (TPSA) is 80.0 Å². The molecule has 0 radical (unpaired) electrons. The standard InChI is InChI=1S/C18H34N4O2/c1-18(2,3)24-17(23)22-11-7-8-14(13-22)12-20-16(19)21-15-9-5-4-6-10-15/h14-15H,4-13H2,1-3H3,(H3,19,20,21). The van der Waals surface area contributed by atoms with Gasteiger partial charge in [-0.3, -0.25) is 4.99 Å². The summed E-state index contributed by atoms with van der Waals surface area (Å²) in [4.78, 5) is 18.5. The molecule has 3 N–H and O–H groups in total. The minimum absolute atomic E-state index is 0.218. The first kappa shape index (κ1) is 18.9. The molecule has 6 heteroatoms. The van der Waals surface area contributed by atoms with Gasteiger partial charge >= 0.3 is 6.09 Å². The van der Waals surface area contributed by atoms with Crippen LogP contribution in [0.15, 0.2) is 4.99 Å². The lowest BCUT2D eigenvalue weighted by atomic mass is 9.96. The summed E-state index contributed by atoms with van der Waals surface area (Å²) in [7, 11) is 0. The predicted molar refractivity (Wildman–Crippen MR) is 97.0 cm³/mol. The molecule has 2 aliphatic rings. The highest BCUT2D eigenvalue weighted by Gasteiger charge is 2.27. The summed E-state index contributed by atoms with van der Waals surface area (Å²) in [6.45, 7) is 7.83. The number of hydrogen-bond donors (Lipinski definition) is 2. The van der Waals surface area contributed by atoms with E-state index in [0.29, 0.717) is 31.0 Å². The molecule has 1 aliphatic heterocycles. The van der Waals surface area contributed by atoms with Gasteiger partial charge in [0.25, 0.3) is 0 Å². The number of rotatable bonds is 3. The number of hydrogen-bond acceptors (Lipinski definition) is 3. The number of carbonyl (C=O) groups is 1. The van der Waals surface area contributed by atoms with Crippen molar-refractivity contribution >= 4 is 12.1 Å². The second-order valence-electron chi connectivity index (χ2n) is 8.14. The van der Waals surface area contributed by atoms with Crippen LogP contribution in [-0.2, 0) is 4.74 Å². The van der Waals surface area contributed by atoms with E-state index in [4.69, 9.17) is 10.5 Å². The number of ether oxygens (including phenoxy) is 1. The van der Waals surface area contributed by atoms with Gasteiger partial charge in [-0.25, -0.2) is 4.79 Å². The van der Waals surface area contributed by atoms with Gasteiger partial charge in [0.1, 0.15) is 5.60 Å². The maximum atomic E-state index is 12.2. The molecule has 2 rings (SSSR count). The SMILES string of the molecule is CC(C)(C)OC(=O)N1CCCC(CN=C(N)NC2CCCCC2)C1. The molecule has 0 bridgehead atoms. The number of nitrogens with two attached hydrogens (primary N) is 1. The summed E-state index contributed by atoms with van der Waals surface area (Å²) < 4.78 is 5.47. The zero-order chi connectivity index (χ0) is 17.6. The van der Waals surface area contributed by atoms with Crippen molar-refractivity contribution in [2.24, 2.45) is 16.6 Å². The molecule has 24 heavy (non-hydrogen) atoms. The lowest BCUT2D eigenvalue weighted by Crippen LogP contribution is -2.44. The number of nitrogens with one attached hydrogen (secondary N) is 1. The van der Waals surface area contributed by atoms with Gasteiger partial charge in [-0.1, -0.05) is 19.3 Å². The van der Waals surface area contributed by atoms with Crippen LogP contribution in [0.25, 0.3) is 0 Å². The first-order chi connectivity index (χ1) is 11.3. The Bertz CT molecular complexity index is 439. The molecule has 1 atom stereocenters. The van der Waals surface area contributed by atoms with Crippen LogP contribution in [0.3, 0.4) is 0 Å². The third kappa shape index (κ3) is 6.57. The fourth-order valence-electron chi connectivity index (χ4n) is 3.44. The third-order valence-corrected chi connectivity index (χ3v) is 4.65. The summed E-state index contributed by atoms with van der Waals surface area (Å²) in [6.07, 6.45) is 8.12. The van der Waals surface area contributed by atoms with Crippen molar-refractivity contribution in [3.05, 3.63) is 0 Å². The van der Waals surface area contributed by atoms with Gasteiger partial charge in [0, 0.05) is 25.7 Å². The molecule has 1 amide bonds. The summed E-state index contributed by atoms with van der Waals surface area (Å²) >= 11 is 0. The molecule has 1 saturated carbocycles. The molecule has 1 unspecified atom stereocenters. The first-order valence-electron chi connectivity index (χ1n) is 9.38. The van der Waals surface area contributed by atoms with Gasteiger partial charge in [0.2, 0.25) is 0 Å². The third-order valence-electron chi connectivity index (χ3n) is 4.65. The highest BCUT2D eigenvalue weighted by atomic mass is 16.6. The molecule has 1 saturated heterocycles. The average Bonchev–Trinajstić information content (AvgIpc) is 2.53. The van der Waals surface area contributed by atoms with Gasteiger partial charge in [-0.15, -0.1) is 0 Å². The van der Waals surface area contributed by atoms with E-state index in [2.05, 4.69) is 10.3 Å². The highest BCUT2D eigenvalue weighted by molar-refractivity contribution is 5.78. The van der Waals surface area contributed by atoms with E-state index in [1.54, 1.807) is 4.90 Å². The fraction of sp³-hybridized carbons (Fsp3) is 0.889. The van der Waals surface area contributed by atoms with Crippen molar-refractivity contribution in [2.75, 3.05) is 19.6 Å². The molecule has 138 valence electrons. The largest absolute Gasteiger partial charge is 0.444 e. The smallest absolute Gasteiger partial charge is 0.410 e. The monoisotopic (exact) mass is 338 g/mol. The van der Waals surface area contributed by atoms with Crippen LogP contribution in [0.4, 0.5) is 4.79 Å². The van der Waals surface area contributed by atoms with E-state index in [9.17, 15) is 4.79 Å². The molecule has 1 aliphatic carbocycles. The number of amides is 1. The first-order valence-corrected chi connectivity index (χ1v) is 9.38. The van der Waals surface area contributed by atoms with Crippen LogP contribution >= 0.6 is 0 Å². The maximum Gasteiger partial charge on any atom is 0.410 e. The number of likely N-dealkylation sites (tertiary alicyclic amines) is 1. The molecule has 1 heterocycles. The van der Waals surface area contributed by atoms with Gasteiger partial charge in [-0.2, -0.15) is 0 Å². The van der Waals surface area contributed by atoms with Crippen molar-refractivity contribution in [1.29, 1.82) is 0 Å². The molecule has 0 spiro atoms. The van der Waals surface area contributed by atoms with Crippen LogP contribution in [0.2, 0.25) is 0 Å². The predicted octanol–water partition coefficient (Wildman–Crippen LogP) is 2.87. The maximum absolute atomic E-state index is 12.2. The molecule has 2 fully saturated rings. The van der Waals surface area contributed by atoms with Crippen molar-refractivity contribution < 1.29 is 9.53 Å². The summed E-state index contributed by atoms with van der Waals surface area (Å²) in [5.41, 5.74) is 5.59. The highest BCUT2D eigenvalue weighted by Crippen LogP contribution is 2.20. The minimum atomic E-state index is -0.448. The van der Waals surface area contributed by atoms with E-state index >= 15 is 0 Å². The van der Waals surface area contributed by atoms with Crippen LogP contribution in [-0.4, -0.2) is 48.2 Å². The minimum Gasteiger partial charge on any atom is -0.444 e. The van der Waals surface area contributed by atoms with Crippen molar-refractivity contribution in [1.82, 2.24) is 10.2 Å². The Morgan fingerprint density at radius 2 is 1.92 bits per heavy atom. The number of carbonyl (C=O) groups excluding carboxylic acids is 1. The second kappa shape index (κ2) is 8.58. The Kier molecular flexibility index (Phi) is 6.75. The molecule has 0 aromatic heterocycles. The summed E-state index contributed by atoms with van der Waals surface area (Å²) in [5.74, 6) is 0.911. The van der Waals surface area contributed by atoms with E-state index in [1.165, 1.54) is 32.1 Å². The lowest BCUT2D eigenvalue weighted by molar-refractivity contribution is 0.0171. The number of nitrogens with zero attached hydrogens (tertiary/aromatic N) is 2. The van der Waals surface area contributed by atoms with E-state index in [1.807, 2.05) is 20.8 Å². The van der Waals surface area contributed by atoms with Crippen molar-refractivity contribution in [2.45, 2.75) is 77.4 Å². The molecule has 6 nitrogen and oxygen atoms in total. The Balaban J connectivity index is 1.77. The quantitative estimate of drug-likeness (QED) is 0.612. The second-order valence-corrected chi connectivity index (χ2v) is 8.14. The number of guanidine groups is 1. The molecular weight excluding hydrogens is 304 g/mol. The molecule has 0 aromatic carbocycles. The zero-order valence-corrected chi connectivity index (χ0v) is 15.5. The zero-order valence-electron chi connectivity index (χ0n) is 15.5. The van der Waals surface area contributed by atoms with Crippen molar-refractivity contribution in [3.63, 3.8) is 0 Å². The number of piperidine rings is 1. The van der Waals surface area contributed by atoms with Gasteiger partial charge in [-0.05, 0) is 52.4 Å². The Labute approximate surface area is 146 Å². The fourth-order valence-corrected chi connectivity index (χ4v) is 3.44. The number of aliphatic imine (C=N–C) groups is 1.